The van der Waals surface area contributed by atoms with Gasteiger partial charge >= 0.3 is 0 Å². The zero-order valence-corrected chi connectivity index (χ0v) is 14.6. The predicted octanol–water partition coefficient (Wildman–Crippen LogP) is 4.09. The molecule has 124 valence electrons. The zero-order valence-electron chi connectivity index (χ0n) is 13.1. The van der Waals surface area contributed by atoms with E-state index >= 15 is 0 Å². The van der Waals surface area contributed by atoms with Crippen molar-refractivity contribution in [3.8, 4) is 22.5 Å². The molecule has 0 aromatic carbocycles. The van der Waals surface area contributed by atoms with E-state index in [0.29, 0.717) is 16.1 Å². The maximum Gasteiger partial charge on any atom is 0.229 e. The molecule has 0 saturated heterocycles. The van der Waals surface area contributed by atoms with Gasteiger partial charge in [0.15, 0.2) is 5.13 Å². The first-order valence-electron chi connectivity index (χ1n) is 7.36. The summed E-state index contributed by atoms with van der Waals surface area (Å²) in [5.74, 6) is 0.521. The van der Waals surface area contributed by atoms with Crippen LogP contribution in [0.25, 0.3) is 22.5 Å². The highest BCUT2D eigenvalue weighted by molar-refractivity contribution is 7.14. The van der Waals surface area contributed by atoms with Crippen molar-refractivity contribution in [1.82, 2.24) is 30.1 Å². The van der Waals surface area contributed by atoms with E-state index in [2.05, 4.69) is 35.5 Å². The first-order chi connectivity index (χ1) is 12.2. The molecule has 0 bridgehead atoms. The first kappa shape index (κ1) is 15.7. The highest BCUT2D eigenvalue weighted by Crippen LogP contribution is 2.33. The molecule has 0 aliphatic rings. The van der Waals surface area contributed by atoms with Gasteiger partial charge in [-0.1, -0.05) is 11.6 Å². The Labute approximate surface area is 152 Å². The molecule has 0 spiro atoms. The normalized spacial score (nSPS) is 10.8. The molecule has 4 rings (SSSR count). The molecule has 4 heterocycles. The number of aryl methyl sites for hydroxylation is 1. The molecule has 0 aliphatic heterocycles. The van der Waals surface area contributed by atoms with Crippen LogP contribution in [-0.2, 0) is 0 Å². The number of rotatable bonds is 4. The monoisotopic (exact) mass is 369 g/mol. The fourth-order valence-electron chi connectivity index (χ4n) is 2.31. The largest absolute Gasteiger partial charge is 0.300 e. The lowest BCUT2D eigenvalue weighted by molar-refractivity contribution is 1.09. The molecular formula is C16H12ClN7S. The van der Waals surface area contributed by atoms with Gasteiger partial charge in [-0.05, 0) is 19.1 Å². The van der Waals surface area contributed by atoms with Crippen molar-refractivity contribution in [2.75, 3.05) is 5.32 Å². The second-order valence-corrected chi connectivity index (χ2v) is 6.52. The van der Waals surface area contributed by atoms with E-state index in [1.165, 1.54) is 11.3 Å². The van der Waals surface area contributed by atoms with Gasteiger partial charge in [0.2, 0.25) is 5.95 Å². The predicted molar refractivity (Wildman–Crippen MR) is 98.0 cm³/mol. The Morgan fingerprint density at radius 3 is 3.00 bits per heavy atom. The van der Waals surface area contributed by atoms with Gasteiger partial charge in [0.05, 0.1) is 10.7 Å². The van der Waals surface area contributed by atoms with Crippen LogP contribution in [0.5, 0.6) is 0 Å². The number of thiazole rings is 1. The number of aromatic nitrogens is 6. The van der Waals surface area contributed by atoms with Crippen molar-refractivity contribution in [3.05, 3.63) is 53.0 Å². The molecule has 0 radical (unpaired) electrons. The van der Waals surface area contributed by atoms with Gasteiger partial charge in [-0.15, -0.1) is 11.3 Å². The average Bonchev–Trinajstić information content (AvgIpc) is 3.23. The van der Waals surface area contributed by atoms with Gasteiger partial charge in [-0.2, -0.15) is 5.10 Å². The molecule has 9 heteroatoms. The highest BCUT2D eigenvalue weighted by atomic mass is 35.5. The summed E-state index contributed by atoms with van der Waals surface area (Å²) < 4.78 is 0. The van der Waals surface area contributed by atoms with Crippen molar-refractivity contribution in [2.24, 2.45) is 0 Å². The molecule has 25 heavy (non-hydrogen) atoms. The maximum absolute atomic E-state index is 6.03. The Hall–Kier alpha value is -2.84. The third kappa shape index (κ3) is 3.35. The van der Waals surface area contributed by atoms with Crippen molar-refractivity contribution in [1.29, 1.82) is 0 Å². The summed E-state index contributed by atoms with van der Waals surface area (Å²) in [7, 11) is 0. The van der Waals surface area contributed by atoms with Crippen molar-refractivity contribution < 1.29 is 0 Å². The lowest BCUT2D eigenvalue weighted by Gasteiger charge is -2.01. The van der Waals surface area contributed by atoms with Crippen LogP contribution in [-0.4, -0.2) is 30.1 Å². The molecule has 4 aromatic rings. The highest BCUT2D eigenvalue weighted by Gasteiger charge is 2.14. The van der Waals surface area contributed by atoms with E-state index in [1.54, 1.807) is 24.8 Å². The smallest absolute Gasteiger partial charge is 0.229 e. The Balaban J connectivity index is 1.64. The fourth-order valence-corrected chi connectivity index (χ4v) is 3.18. The van der Waals surface area contributed by atoms with Gasteiger partial charge in [0, 0.05) is 47.0 Å². The zero-order chi connectivity index (χ0) is 17.2. The van der Waals surface area contributed by atoms with E-state index in [0.717, 1.165) is 28.2 Å². The quantitative estimate of drug-likeness (QED) is 0.562. The fraction of sp³-hybridized carbons (Fsp3) is 0.0625. The number of H-pyrrole nitrogens is 1. The summed E-state index contributed by atoms with van der Waals surface area (Å²) in [6.45, 7) is 1.91. The minimum atomic E-state index is 0.521. The summed E-state index contributed by atoms with van der Waals surface area (Å²) in [6, 6.07) is 3.66. The van der Waals surface area contributed by atoms with Crippen molar-refractivity contribution >= 4 is 34.0 Å². The van der Waals surface area contributed by atoms with Crippen LogP contribution < -0.4 is 5.32 Å². The summed E-state index contributed by atoms with van der Waals surface area (Å²) >= 11 is 7.50. The van der Waals surface area contributed by atoms with E-state index in [9.17, 15) is 0 Å². The Bertz CT molecular complexity index is 1030. The molecule has 2 N–H and O–H groups in total. The van der Waals surface area contributed by atoms with Gasteiger partial charge in [0.1, 0.15) is 5.69 Å². The van der Waals surface area contributed by atoms with E-state index < -0.39 is 0 Å². The van der Waals surface area contributed by atoms with Crippen LogP contribution in [0.15, 0.2) is 42.3 Å². The van der Waals surface area contributed by atoms with Crippen LogP contribution in [0, 0.1) is 6.92 Å². The SMILES string of the molecule is Cc1ccnc(Nc2nc(-c3c[nH]nc3-c3cncc(Cl)c3)cs2)n1. The van der Waals surface area contributed by atoms with Crippen molar-refractivity contribution in [2.45, 2.75) is 6.92 Å². The minimum absolute atomic E-state index is 0.521. The van der Waals surface area contributed by atoms with Crippen LogP contribution >= 0.6 is 22.9 Å². The van der Waals surface area contributed by atoms with E-state index in [1.807, 2.05) is 24.4 Å². The lowest BCUT2D eigenvalue weighted by Crippen LogP contribution is -1.97. The molecule has 0 atom stereocenters. The van der Waals surface area contributed by atoms with Crippen LogP contribution in [0.4, 0.5) is 11.1 Å². The molecule has 0 saturated carbocycles. The van der Waals surface area contributed by atoms with Gasteiger partial charge in [0.25, 0.3) is 0 Å². The number of nitrogens with zero attached hydrogens (tertiary/aromatic N) is 5. The molecule has 7 nitrogen and oxygen atoms in total. The number of aromatic amines is 1. The number of halogens is 1. The summed E-state index contributed by atoms with van der Waals surface area (Å²) in [5.41, 5.74) is 4.13. The van der Waals surface area contributed by atoms with Crippen LogP contribution in [0.2, 0.25) is 5.02 Å². The number of hydrogen-bond acceptors (Lipinski definition) is 7. The molecule has 0 amide bonds. The second-order valence-electron chi connectivity index (χ2n) is 5.22. The van der Waals surface area contributed by atoms with E-state index in [4.69, 9.17) is 11.6 Å². The van der Waals surface area contributed by atoms with Gasteiger partial charge in [-0.3, -0.25) is 10.1 Å². The maximum atomic E-state index is 6.03. The Kier molecular flexibility index (Phi) is 4.12. The topological polar surface area (TPSA) is 92.3 Å². The third-order valence-electron chi connectivity index (χ3n) is 3.41. The van der Waals surface area contributed by atoms with Crippen molar-refractivity contribution in [3.63, 3.8) is 0 Å². The van der Waals surface area contributed by atoms with Crippen LogP contribution in [0.1, 0.15) is 5.69 Å². The first-order valence-corrected chi connectivity index (χ1v) is 8.62. The van der Waals surface area contributed by atoms with E-state index in [-0.39, 0.29) is 0 Å². The number of nitrogens with one attached hydrogen (secondary N) is 2. The minimum Gasteiger partial charge on any atom is -0.300 e. The summed E-state index contributed by atoms with van der Waals surface area (Å²) in [6.07, 6.45) is 6.82. The lowest BCUT2D eigenvalue weighted by atomic mass is 10.1. The summed E-state index contributed by atoms with van der Waals surface area (Å²) in [4.78, 5) is 17.2. The van der Waals surface area contributed by atoms with Gasteiger partial charge < -0.3 is 5.32 Å². The standard InChI is InChI=1S/C16H12ClN7S/c1-9-2-3-19-15(21-9)23-16-22-13(8-25-16)12-7-20-24-14(12)10-4-11(17)6-18-5-10/h2-8H,1H3,(H,20,24)(H,19,21,22,23). The Morgan fingerprint density at radius 2 is 2.16 bits per heavy atom. The number of pyridine rings is 1. The molecule has 0 fully saturated rings. The molecular weight excluding hydrogens is 358 g/mol. The van der Waals surface area contributed by atoms with Crippen LogP contribution in [0.3, 0.4) is 0 Å². The molecule has 0 aliphatic carbocycles. The number of anilines is 2. The molecule has 4 aromatic heterocycles. The number of hydrogen-bond donors (Lipinski definition) is 2. The average molecular weight is 370 g/mol. The second kappa shape index (κ2) is 6.58. The Morgan fingerprint density at radius 1 is 1.24 bits per heavy atom. The molecule has 0 unspecified atom stereocenters. The summed E-state index contributed by atoms with van der Waals surface area (Å²) in [5, 5.41) is 13.5. The third-order valence-corrected chi connectivity index (χ3v) is 4.38. The van der Waals surface area contributed by atoms with Gasteiger partial charge in [-0.25, -0.2) is 15.0 Å².